The van der Waals surface area contributed by atoms with E-state index in [1.807, 2.05) is 12.1 Å². The molecular weight excluding hydrogens is 511 g/mol. The van der Waals surface area contributed by atoms with Crippen LogP contribution < -0.4 is 34.7 Å². The van der Waals surface area contributed by atoms with Crippen LogP contribution in [0.4, 0.5) is 5.69 Å². The average Bonchev–Trinajstić information content (AvgIpc) is 2.48. The van der Waals surface area contributed by atoms with Gasteiger partial charge in [0.15, 0.2) is 0 Å². The van der Waals surface area contributed by atoms with E-state index in [1.54, 1.807) is 6.21 Å². The summed E-state index contributed by atoms with van der Waals surface area (Å²) in [4.78, 5) is 4.63. The molecule has 0 amide bonds. The zero-order valence-corrected chi connectivity index (χ0v) is 19.3. The van der Waals surface area contributed by atoms with E-state index in [2.05, 4.69) is 82.2 Å². The van der Waals surface area contributed by atoms with Gasteiger partial charge in [0, 0.05) is 13.4 Å². The third kappa shape index (κ3) is 4.93. The zero-order chi connectivity index (χ0) is 15.4. The van der Waals surface area contributed by atoms with Crippen LogP contribution in [0.2, 0.25) is 0 Å². The van der Waals surface area contributed by atoms with Crippen LogP contribution in [0.15, 0.2) is 35.3 Å². The summed E-state index contributed by atoms with van der Waals surface area (Å²) in [7, 11) is 0. The quantitative estimate of drug-likeness (QED) is 0.340. The van der Waals surface area contributed by atoms with Crippen molar-refractivity contribution in [1.82, 2.24) is 0 Å². The molecule has 0 aliphatic heterocycles. The van der Waals surface area contributed by atoms with E-state index in [0.29, 0.717) is 5.56 Å². The minimum atomic E-state index is 0. The van der Waals surface area contributed by atoms with Gasteiger partial charge in [-0.15, -0.1) is 0 Å². The van der Waals surface area contributed by atoms with E-state index in [9.17, 15) is 5.11 Å². The molecule has 110 valence electrons. The summed E-state index contributed by atoms with van der Waals surface area (Å²) in [6.45, 7) is 4.25. The van der Waals surface area contributed by atoms with Crippen LogP contribution in [0.5, 0.6) is 5.75 Å². The molecule has 0 unspecified atom stereocenters. The van der Waals surface area contributed by atoms with Crippen LogP contribution in [0, 0.1) is 7.14 Å². The second-order valence-electron chi connectivity index (χ2n) is 4.70. The molecule has 5 heteroatoms. The molecule has 0 aliphatic carbocycles. The van der Waals surface area contributed by atoms with Gasteiger partial charge in [0.25, 0.3) is 0 Å². The molecule has 0 radical (unpaired) electrons. The second-order valence-corrected chi connectivity index (χ2v) is 7.10. The Hall–Kier alpha value is 0.370. The van der Waals surface area contributed by atoms with Gasteiger partial charge >= 0.3 is 29.6 Å². The number of aliphatic imine (C=N–C) groups is 1. The van der Waals surface area contributed by atoms with Crippen LogP contribution in [-0.4, -0.2) is 6.21 Å². The van der Waals surface area contributed by atoms with Gasteiger partial charge in [0.05, 0.1) is 5.69 Å². The van der Waals surface area contributed by atoms with Crippen molar-refractivity contribution in [2.24, 2.45) is 4.99 Å². The Bertz CT molecular complexity index is 664. The van der Waals surface area contributed by atoms with Gasteiger partial charge in [-0.2, -0.15) is 0 Å². The van der Waals surface area contributed by atoms with Gasteiger partial charge in [-0.3, -0.25) is 4.99 Å². The first-order valence-corrected chi connectivity index (χ1v) is 9.03. The summed E-state index contributed by atoms with van der Waals surface area (Å²) in [5.74, 6) is 0.0480. The summed E-state index contributed by atoms with van der Waals surface area (Å²) in [6.07, 6.45) is 3.59. The summed E-state index contributed by atoms with van der Waals surface area (Å²) in [6, 6.07) is 10.0. The Morgan fingerprint density at radius 2 is 1.68 bits per heavy atom. The summed E-state index contributed by atoms with van der Waals surface area (Å²) in [5.41, 5.74) is 4.10. The van der Waals surface area contributed by atoms with Crippen molar-refractivity contribution in [3.05, 3.63) is 54.2 Å². The van der Waals surface area contributed by atoms with Crippen molar-refractivity contribution in [2.75, 3.05) is 0 Å². The molecule has 0 aromatic heterocycles. The molecule has 0 saturated heterocycles. The first-order chi connectivity index (χ1) is 10.1. The number of para-hydroxylation sites is 1. The number of benzene rings is 2. The Balaban J connectivity index is 0.00000242. The monoisotopic (exact) mass is 527 g/mol. The van der Waals surface area contributed by atoms with Crippen LogP contribution in [0.3, 0.4) is 0 Å². The van der Waals surface area contributed by atoms with E-state index in [-0.39, 0.29) is 35.3 Å². The smallest absolute Gasteiger partial charge is 0.871 e. The number of hydrogen-bond donors (Lipinski definition) is 0. The Labute approximate surface area is 181 Å². The molecule has 0 heterocycles. The molecule has 0 N–H and O–H groups in total. The molecule has 0 aliphatic rings. The van der Waals surface area contributed by atoms with Gasteiger partial charge in [-0.25, -0.2) is 0 Å². The molecular formula is C17H16I2NNaO. The predicted molar refractivity (Wildman–Crippen MR) is 104 cm³/mol. The van der Waals surface area contributed by atoms with E-state index in [1.165, 1.54) is 11.1 Å². The zero-order valence-electron chi connectivity index (χ0n) is 13.0. The number of halogens is 2. The van der Waals surface area contributed by atoms with Crippen molar-refractivity contribution in [3.63, 3.8) is 0 Å². The molecule has 2 rings (SSSR count). The van der Waals surface area contributed by atoms with E-state index in [4.69, 9.17) is 0 Å². The summed E-state index contributed by atoms with van der Waals surface area (Å²) >= 11 is 4.30. The third-order valence-electron chi connectivity index (χ3n) is 3.33. The fourth-order valence-corrected chi connectivity index (χ4v) is 4.08. The van der Waals surface area contributed by atoms with Crippen LogP contribution in [0.1, 0.15) is 30.5 Å². The molecule has 2 nitrogen and oxygen atoms in total. The van der Waals surface area contributed by atoms with Gasteiger partial charge in [-0.1, -0.05) is 37.8 Å². The largest absolute Gasteiger partial charge is 1.00 e. The molecule has 22 heavy (non-hydrogen) atoms. The molecule has 0 fully saturated rings. The minimum Gasteiger partial charge on any atom is -0.871 e. The van der Waals surface area contributed by atoms with Crippen molar-refractivity contribution in [3.8, 4) is 5.75 Å². The standard InChI is InChI=1S/C17H17I2NO.Na/c1-3-11-6-5-7-12(4-2)16(11)20-10-13-8-14(18)9-15(19)17(13)21;/h5-10,21H,3-4H2,1-2H3;/q;+1/p-1. The Kier molecular flexibility index (Phi) is 8.92. The van der Waals surface area contributed by atoms with Crippen molar-refractivity contribution >= 4 is 57.1 Å². The molecule has 0 spiro atoms. The second kappa shape index (κ2) is 9.61. The number of hydrogen-bond acceptors (Lipinski definition) is 2. The number of aryl methyl sites for hydroxylation is 2. The van der Waals surface area contributed by atoms with Crippen molar-refractivity contribution < 1.29 is 34.7 Å². The van der Waals surface area contributed by atoms with Gasteiger partial charge < -0.3 is 5.11 Å². The first kappa shape index (κ1) is 20.4. The van der Waals surface area contributed by atoms with Gasteiger partial charge in [0.2, 0.25) is 0 Å². The molecule has 0 saturated carbocycles. The molecule has 2 aromatic rings. The maximum absolute atomic E-state index is 12.1. The molecule has 0 atom stereocenters. The Morgan fingerprint density at radius 1 is 1.09 bits per heavy atom. The maximum Gasteiger partial charge on any atom is 1.00 e. The van der Waals surface area contributed by atoms with Crippen LogP contribution in [0.25, 0.3) is 0 Å². The van der Waals surface area contributed by atoms with E-state index >= 15 is 0 Å². The predicted octanol–water partition coefficient (Wildman–Crippen LogP) is 1.85. The first-order valence-electron chi connectivity index (χ1n) is 6.87. The molecule has 2 aromatic carbocycles. The fourth-order valence-electron chi connectivity index (χ4n) is 2.19. The average molecular weight is 527 g/mol. The normalized spacial score (nSPS) is 10.7. The van der Waals surface area contributed by atoms with E-state index < -0.39 is 0 Å². The maximum atomic E-state index is 12.1. The fraction of sp³-hybridized carbons (Fsp3) is 0.235. The van der Waals surface area contributed by atoms with Gasteiger partial charge in [-0.05, 0) is 86.8 Å². The van der Waals surface area contributed by atoms with Crippen LogP contribution in [-0.2, 0) is 12.8 Å². The van der Waals surface area contributed by atoms with Crippen molar-refractivity contribution in [2.45, 2.75) is 26.7 Å². The van der Waals surface area contributed by atoms with Crippen molar-refractivity contribution in [1.29, 1.82) is 0 Å². The molecule has 0 bridgehead atoms. The number of rotatable bonds is 4. The SMILES string of the molecule is CCc1cccc(CC)c1N=Cc1cc(I)cc(I)c1[O-].[Na+]. The number of nitrogens with zero attached hydrogens (tertiary/aromatic N) is 1. The van der Waals surface area contributed by atoms with Gasteiger partial charge in [0.1, 0.15) is 0 Å². The van der Waals surface area contributed by atoms with E-state index in [0.717, 1.165) is 25.7 Å². The summed E-state index contributed by atoms with van der Waals surface area (Å²) < 4.78 is 1.79. The van der Waals surface area contributed by atoms with Crippen LogP contribution >= 0.6 is 45.2 Å². The Morgan fingerprint density at radius 3 is 2.23 bits per heavy atom. The third-order valence-corrected chi connectivity index (χ3v) is 4.76. The summed E-state index contributed by atoms with van der Waals surface area (Å²) in [5, 5.41) is 12.1. The topological polar surface area (TPSA) is 35.4 Å². The minimum absolute atomic E-state index is 0.